The first kappa shape index (κ1) is 79.3. The first-order chi connectivity index (χ1) is 41.0. The summed E-state index contributed by atoms with van der Waals surface area (Å²) >= 11 is 0. The van der Waals surface area contributed by atoms with Crippen molar-refractivity contribution < 1.29 is 28.6 Å². The number of carbonyl (C=O) groups excluding carboxylic acids is 3. The van der Waals surface area contributed by atoms with Crippen molar-refractivity contribution in [2.45, 2.75) is 361 Å². The SMILES string of the molecule is CC/C=C\C/C=C\C/C=C\C/C=C\C/C=C\C/C=C\CCCCC(=O)OC(COC(=O)CCCCCCC/C=C\C/C=C\CCCCC)COC(=O)CCCCCCCCCCCCCCCCCCCCCCCCCCCCCCC. The molecule has 0 saturated carbocycles. The first-order valence-corrected chi connectivity index (χ1v) is 35.7. The monoisotopic (exact) mass is 1160 g/mol. The van der Waals surface area contributed by atoms with Crippen LogP contribution in [0.5, 0.6) is 0 Å². The van der Waals surface area contributed by atoms with Crippen LogP contribution in [0, 0.1) is 0 Å². The summed E-state index contributed by atoms with van der Waals surface area (Å²) in [7, 11) is 0. The number of carbonyl (C=O) groups is 3. The predicted molar refractivity (Wildman–Crippen MR) is 362 cm³/mol. The second-order valence-corrected chi connectivity index (χ2v) is 23.8. The van der Waals surface area contributed by atoms with E-state index in [-0.39, 0.29) is 37.5 Å². The van der Waals surface area contributed by atoms with Gasteiger partial charge in [0.1, 0.15) is 13.2 Å². The van der Waals surface area contributed by atoms with Crippen LogP contribution in [0.1, 0.15) is 355 Å². The van der Waals surface area contributed by atoms with E-state index in [4.69, 9.17) is 14.2 Å². The maximum atomic E-state index is 12.9. The molecule has 0 bridgehead atoms. The topological polar surface area (TPSA) is 78.9 Å². The minimum Gasteiger partial charge on any atom is -0.462 e. The van der Waals surface area contributed by atoms with Crippen LogP contribution in [-0.4, -0.2) is 37.2 Å². The Morgan fingerprint density at radius 1 is 0.253 bits per heavy atom. The van der Waals surface area contributed by atoms with E-state index in [1.165, 1.54) is 193 Å². The standard InChI is InChI=1S/C77H134O6/c1-4-7-10-13-16-19-22-25-28-30-32-34-35-36-37-38-39-40-41-43-44-46-49-52-55-58-61-64-67-70-76(79)82-73-74(72-81-75(78)69-66-63-60-57-54-51-48-27-24-21-18-15-12-9-6-3)83-77(80)71-68-65-62-59-56-53-50-47-45-42-33-31-29-26-23-20-17-14-11-8-5-2/h8,11,17-18,20-21,26-27,29,33,42,47-48,50,56,59,74H,4-7,9-10,12-16,19,22-25,28,30-32,34-41,43-46,49,51-55,57-58,60-73H2,1-3H3/b11-8-,20-17-,21-18-,29-26-,42-33-,48-27-,50-47-,59-56-. The van der Waals surface area contributed by atoms with E-state index in [1.54, 1.807) is 0 Å². The smallest absolute Gasteiger partial charge is 0.306 e. The molecule has 0 rings (SSSR count). The van der Waals surface area contributed by atoms with Crippen molar-refractivity contribution in [2.75, 3.05) is 13.2 Å². The Morgan fingerprint density at radius 2 is 0.470 bits per heavy atom. The Labute approximate surface area is 515 Å². The lowest BCUT2D eigenvalue weighted by Gasteiger charge is -2.18. The molecule has 0 aliphatic heterocycles. The molecule has 0 amide bonds. The van der Waals surface area contributed by atoms with Gasteiger partial charge in [-0.15, -0.1) is 0 Å². The van der Waals surface area contributed by atoms with E-state index in [2.05, 4.69) is 118 Å². The van der Waals surface area contributed by atoms with Crippen LogP contribution in [0.3, 0.4) is 0 Å². The van der Waals surface area contributed by atoms with Gasteiger partial charge in [-0.3, -0.25) is 14.4 Å². The summed E-state index contributed by atoms with van der Waals surface area (Å²) in [5, 5.41) is 0. The second-order valence-electron chi connectivity index (χ2n) is 23.8. The minimum absolute atomic E-state index is 0.0976. The van der Waals surface area contributed by atoms with Crippen molar-refractivity contribution in [3.8, 4) is 0 Å². The molecule has 0 aliphatic rings. The molecule has 1 unspecified atom stereocenters. The maximum Gasteiger partial charge on any atom is 0.306 e. The Balaban J connectivity index is 4.32. The molecule has 6 nitrogen and oxygen atoms in total. The Hall–Kier alpha value is -3.67. The minimum atomic E-state index is -0.808. The molecule has 83 heavy (non-hydrogen) atoms. The van der Waals surface area contributed by atoms with Gasteiger partial charge in [0.25, 0.3) is 0 Å². The fraction of sp³-hybridized carbons (Fsp3) is 0.753. The summed E-state index contributed by atoms with van der Waals surface area (Å²) in [6.45, 7) is 6.50. The van der Waals surface area contributed by atoms with Gasteiger partial charge in [0, 0.05) is 19.3 Å². The predicted octanol–water partition coefficient (Wildman–Crippen LogP) is 24.8. The molecule has 0 aromatic heterocycles. The lowest BCUT2D eigenvalue weighted by atomic mass is 10.0. The third-order valence-electron chi connectivity index (χ3n) is 15.6. The first-order valence-electron chi connectivity index (χ1n) is 35.7. The van der Waals surface area contributed by atoms with E-state index in [9.17, 15) is 14.4 Å². The molecule has 0 aromatic rings. The number of hydrogen-bond acceptors (Lipinski definition) is 6. The van der Waals surface area contributed by atoms with Gasteiger partial charge in [-0.25, -0.2) is 0 Å². The van der Waals surface area contributed by atoms with Gasteiger partial charge in [0.2, 0.25) is 0 Å². The van der Waals surface area contributed by atoms with Crippen LogP contribution in [0.4, 0.5) is 0 Å². The molecular weight excluding hydrogens is 1020 g/mol. The van der Waals surface area contributed by atoms with Crippen LogP contribution >= 0.6 is 0 Å². The highest BCUT2D eigenvalue weighted by Gasteiger charge is 2.19. The average Bonchev–Trinajstić information content (AvgIpc) is 3.49. The molecule has 0 radical (unpaired) electrons. The maximum absolute atomic E-state index is 12.9. The second kappa shape index (κ2) is 70.8. The van der Waals surface area contributed by atoms with Gasteiger partial charge in [-0.1, -0.05) is 330 Å². The molecule has 0 aliphatic carbocycles. The molecule has 0 spiro atoms. The molecule has 0 heterocycles. The summed E-state index contributed by atoms with van der Waals surface area (Å²) in [6.07, 6.45) is 95.9. The molecule has 0 aromatic carbocycles. The summed E-state index contributed by atoms with van der Waals surface area (Å²) < 4.78 is 16.9. The van der Waals surface area contributed by atoms with Crippen LogP contribution in [0.25, 0.3) is 0 Å². The third kappa shape index (κ3) is 69.0. The lowest BCUT2D eigenvalue weighted by molar-refractivity contribution is -0.167. The zero-order chi connectivity index (χ0) is 59.9. The molecular formula is C77H134O6. The summed E-state index contributed by atoms with van der Waals surface area (Å²) in [4.78, 5) is 38.4. The van der Waals surface area contributed by atoms with E-state index < -0.39 is 6.10 Å². The van der Waals surface area contributed by atoms with Crippen molar-refractivity contribution in [1.29, 1.82) is 0 Å². The zero-order valence-corrected chi connectivity index (χ0v) is 54.9. The van der Waals surface area contributed by atoms with E-state index in [0.717, 1.165) is 116 Å². The zero-order valence-electron chi connectivity index (χ0n) is 54.9. The van der Waals surface area contributed by atoms with Crippen molar-refractivity contribution in [1.82, 2.24) is 0 Å². The Bertz CT molecular complexity index is 1610. The van der Waals surface area contributed by atoms with Crippen LogP contribution in [0.15, 0.2) is 97.2 Å². The molecule has 0 saturated heterocycles. The number of esters is 3. The van der Waals surface area contributed by atoms with Crippen molar-refractivity contribution >= 4 is 17.9 Å². The normalized spacial score (nSPS) is 12.7. The quantitative estimate of drug-likeness (QED) is 0.0261. The molecule has 0 fully saturated rings. The lowest BCUT2D eigenvalue weighted by Crippen LogP contribution is -2.30. The van der Waals surface area contributed by atoms with Crippen molar-refractivity contribution in [2.24, 2.45) is 0 Å². The number of unbranched alkanes of at least 4 members (excludes halogenated alkanes) is 38. The van der Waals surface area contributed by atoms with Gasteiger partial charge < -0.3 is 14.2 Å². The number of ether oxygens (including phenoxy) is 3. The van der Waals surface area contributed by atoms with E-state index in [0.29, 0.717) is 19.3 Å². The molecule has 1 atom stereocenters. The highest BCUT2D eigenvalue weighted by Crippen LogP contribution is 2.18. The fourth-order valence-electron chi connectivity index (χ4n) is 10.2. The van der Waals surface area contributed by atoms with Gasteiger partial charge in [-0.05, 0) is 103 Å². The molecule has 6 heteroatoms. The van der Waals surface area contributed by atoms with Gasteiger partial charge in [0.05, 0.1) is 0 Å². The van der Waals surface area contributed by atoms with Crippen LogP contribution < -0.4 is 0 Å². The fourth-order valence-corrected chi connectivity index (χ4v) is 10.2. The van der Waals surface area contributed by atoms with Gasteiger partial charge in [0.15, 0.2) is 6.10 Å². The Kier molecular flexibility index (Phi) is 67.7. The van der Waals surface area contributed by atoms with Crippen LogP contribution in [0.2, 0.25) is 0 Å². The summed E-state index contributed by atoms with van der Waals surface area (Å²) in [5.41, 5.74) is 0. The average molecular weight is 1160 g/mol. The third-order valence-corrected chi connectivity index (χ3v) is 15.6. The number of rotatable bonds is 65. The number of hydrogen-bond donors (Lipinski definition) is 0. The van der Waals surface area contributed by atoms with E-state index in [1.807, 2.05) is 0 Å². The summed E-state index contributed by atoms with van der Waals surface area (Å²) in [6, 6.07) is 0. The van der Waals surface area contributed by atoms with Crippen molar-refractivity contribution in [3.63, 3.8) is 0 Å². The van der Waals surface area contributed by atoms with Crippen LogP contribution in [-0.2, 0) is 28.6 Å². The Morgan fingerprint density at radius 3 is 0.783 bits per heavy atom. The molecule has 478 valence electrons. The van der Waals surface area contributed by atoms with Gasteiger partial charge >= 0.3 is 17.9 Å². The largest absolute Gasteiger partial charge is 0.462 e. The highest BCUT2D eigenvalue weighted by molar-refractivity contribution is 5.71. The van der Waals surface area contributed by atoms with Crippen molar-refractivity contribution in [3.05, 3.63) is 97.2 Å². The van der Waals surface area contributed by atoms with Gasteiger partial charge in [-0.2, -0.15) is 0 Å². The highest BCUT2D eigenvalue weighted by atomic mass is 16.6. The van der Waals surface area contributed by atoms with E-state index >= 15 is 0 Å². The molecule has 0 N–H and O–H groups in total. The summed E-state index contributed by atoms with van der Waals surface area (Å²) in [5.74, 6) is -0.941. The number of allylic oxidation sites excluding steroid dienone is 16.